The summed E-state index contributed by atoms with van der Waals surface area (Å²) in [6.45, 7) is 1.49. The number of halogens is 3. The predicted octanol–water partition coefficient (Wildman–Crippen LogP) is 2.32. The van der Waals surface area contributed by atoms with Gasteiger partial charge in [0, 0.05) is 25.7 Å². The normalized spacial score (nSPS) is 30.0. The first-order chi connectivity index (χ1) is 9.73. The number of nitrogens with zero attached hydrogens (tertiary/aromatic N) is 2. The molecule has 0 aliphatic carbocycles. The summed E-state index contributed by atoms with van der Waals surface area (Å²) in [7, 11) is 0. The third-order valence-corrected chi connectivity index (χ3v) is 4.59. The molecule has 2 saturated heterocycles. The van der Waals surface area contributed by atoms with E-state index in [1.807, 2.05) is 6.92 Å². The number of alkyl halides is 3. The van der Waals surface area contributed by atoms with E-state index in [-0.39, 0.29) is 12.6 Å². The van der Waals surface area contributed by atoms with Crippen molar-refractivity contribution in [3.05, 3.63) is 0 Å². The Balaban J connectivity index is 2.14. The molecule has 1 N–H and O–H groups in total. The molecule has 0 aromatic heterocycles. The Labute approximate surface area is 120 Å². The van der Waals surface area contributed by atoms with Crippen LogP contribution >= 0.6 is 0 Å². The van der Waals surface area contributed by atoms with E-state index in [4.69, 9.17) is 5.11 Å². The number of carboxylic acid groups (broad SMARTS) is 1. The second-order valence-electron chi connectivity index (χ2n) is 5.74. The summed E-state index contributed by atoms with van der Waals surface area (Å²) in [4.78, 5) is 26.1. The van der Waals surface area contributed by atoms with Gasteiger partial charge < -0.3 is 14.9 Å². The molecule has 2 aliphatic heterocycles. The molecular weight excluding hydrogens is 289 g/mol. The summed E-state index contributed by atoms with van der Waals surface area (Å²) < 4.78 is 39.3. The SMILES string of the molecule is CCC1CCCN1C(=O)N1CCC(C(=O)O)(C(F)(F)F)C1. The first-order valence-electron chi connectivity index (χ1n) is 7.08. The van der Waals surface area contributed by atoms with Crippen LogP contribution in [0, 0.1) is 5.41 Å². The molecule has 0 saturated carbocycles. The smallest absolute Gasteiger partial charge is 0.406 e. The number of carboxylic acids is 1. The van der Waals surface area contributed by atoms with Gasteiger partial charge in [-0.05, 0) is 25.7 Å². The maximum Gasteiger partial charge on any atom is 0.406 e. The largest absolute Gasteiger partial charge is 0.481 e. The molecule has 2 amide bonds. The summed E-state index contributed by atoms with van der Waals surface area (Å²) >= 11 is 0. The highest BCUT2D eigenvalue weighted by Crippen LogP contribution is 2.46. The molecule has 0 radical (unpaired) electrons. The molecule has 2 unspecified atom stereocenters. The lowest BCUT2D eigenvalue weighted by Gasteiger charge is -2.31. The zero-order valence-electron chi connectivity index (χ0n) is 11.8. The number of carbonyl (C=O) groups excluding carboxylic acids is 1. The summed E-state index contributed by atoms with van der Waals surface area (Å²) in [5.41, 5.74) is -2.83. The number of carbonyl (C=O) groups is 2. The van der Waals surface area contributed by atoms with Crippen molar-refractivity contribution in [2.75, 3.05) is 19.6 Å². The number of likely N-dealkylation sites (tertiary alicyclic amines) is 2. The van der Waals surface area contributed by atoms with E-state index in [0.717, 1.165) is 24.2 Å². The third-order valence-electron chi connectivity index (χ3n) is 4.59. The molecular formula is C13H19F3N2O3. The van der Waals surface area contributed by atoms with Crippen LogP contribution in [0.15, 0.2) is 0 Å². The lowest BCUT2D eigenvalue weighted by atomic mass is 9.86. The van der Waals surface area contributed by atoms with Crippen molar-refractivity contribution < 1.29 is 27.9 Å². The van der Waals surface area contributed by atoms with Gasteiger partial charge in [-0.25, -0.2) is 4.79 Å². The third kappa shape index (κ3) is 2.55. The standard InChI is InChI=1S/C13H19F3N2O3/c1-2-9-4-3-6-18(9)11(21)17-7-5-12(8-17,10(19)20)13(14,15)16/h9H,2-8H2,1H3,(H,19,20). The van der Waals surface area contributed by atoms with Gasteiger partial charge in [0.05, 0.1) is 0 Å². The molecule has 0 spiro atoms. The number of aliphatic carboxylic acids is 1. The number of hydrogen-bond acceptors (Lipinski definition) is 2. The Kier molecular flexibility index (Phi) is 4.08. The quantitative estimate of drug-likeness (QED) is 0.851. The lowest BCUT2D eigenvalue weighted by Crippen LogP contribution is -2.50. The maximum absolute atomic E-state index is 13.1. The fourth-order valence-electron chi connectivity index (χ4n) is 3.19. The van der Waals surface area contributed by atoms with Crippen LogP contribution in [0.3, 0.4) is 0 Å². The minimum atomic E-state index is -4.86. The summed E-state index contributed by atoms with van der Waals surface area (Å²) in [5, 5.41) is 8.99. The molecule has 0 aromatic carbocycles. The van der Waals surface area contributed by atoms with Gasteiger partial charge in [-0.15, -0.1) is 0 Å². The Morgan fingerprint density at radius 3 is 2.48 bits per heavy atom. The molecule has 2 atom stereocenters. The van der Waals surface area contributed by atoms with Gasteiger partial charge in [-0.1, -0.05) is 6.92 Å². The minimum absolute atomic E-state index is 0.0446. The minimum Gasteiger partial charge on any atom is -0.481 e. The zero-order chi connectivity index (χ0) is 15.8. The van der Waals surface area contributed by atoms with Crippen molar-refractivity contribution in [1.29, 1.82) is 0 Å². The van der Waals surface area contributed by atoms with E-state index in [1.54, 1.807) is 4.90 Å². The number of rotatable bonds is 2. The van der Waals surface area contributed by atoms with Gasteiger partial charge in [-0.3, -0.25) is 4.79 Å². The summed E-state index contributed by atoms with van der Waals surface area (Å²) in [5.74, 6) is -1.90. The van der Waals surface area contributed by atoms with E-state index >= 15 is 0 Å². The lowest BCUT2D eigenvalue weighted by molar-refractivity contribution is -0.227. The van der Waals surface area contributed by atoms with Crippen LogP contribution in [0.2, 0.25) is 0 Å². The van der Waals surface area contributed by atoms with E-state index in [9.17, 15) is 22.8 Å². The van der Waals surface area contributed by atoms with Crippen molar-refractivity contribution in [2.24, 2.45) is 5.41 Å². The second-order valence-corrected chi connectivity index (χ2v) is 5.74. The van der Waals surface area contributed by atoms with Gasteiger partial charge in [0.1, 0.15) is 0 Å². The van der Waals surface area contributed by atoms with Crippen LogP contribution in [-0.4, -0.2) is 58.8 Å². The second kappa shape index (κ2) is 5.38. The first kappa shape index (κ1) is 15.9. The van der Waals surface area contributed by atoms with Crippen LogP contribution in [0.4, 0.5) is 18.0 Å². The van der Waals surface area contributed by atoms with Crippen molar-refractivity contribution in [3.63, 3.8) is 0 Å². The Hall–Kier alpha value is -1.47. The Bertz CT molecular complexity index is 441. The van der Waals surface area contributed by atoms with Crippen molar-refractivity contribution >= 4 is 12.0 Å². The van der Waals surface area contributed by atoms with Crippen LogP contribution in [0.25, 0.3) is 0 Å². The maximum atomic E-state index is 13.1. The van der Waals surface area contributed by atoms with Crippen molar-refractivity contribution in [1.82, 2.24) is 9.80 Å². The molecule has 0 aromatic rings. The molecule has 21 heavy (non-hydrogen) atoms. The number of urea groups is 1. The molecule has 2 heterocycles. The van der Waals surface area contributed by atoms with E-state index < -0.39 is 36.6 Å². The van der Waals surface area contributed by atoms with E-state index in [0.29, 0.717) is 6.54 Å². The van der Waals surface area contributed by atoms with Gasteiger partial charge >= 0.3 is 18.2 Å². The fourth-order valence-corrected chi connectivity index (χ4v) is 3.19. The number of hydrogen-bond donors (Lipinski definition) is 1. The summed E-state index contributed by atoms with van der Waals surface area (Å²) in [6.07, 6.45) is -3.00. The molecule has 2 fully saturated rings. The van der Waals surface area contributed by atoms with Gasteiger partial charge in [-0.2, -0.15) is 13.2 Å². The Morgan fingerprint density at radius 2 is 2.00 bits per heavy atom. The Morgan fingerprint density at radius 1 is 1.33 bits per heavy atom. The van der Waals surface area contributed by atoms with Gasteiger partial charge in [0.15, 0.2) is 5.41 Å². The van der Waals surface area contributed by atoms with Crippen LogP contribution < -0.4 is 0 Å². The molecule has 2 aliphatic rings. The van der Waals surface area contributed by atoms with Crippen molar-refractivity contribution in [2.45, 2.75) is 44.8 Å². The van der Waals surface area contributed by atoms with E-state index in [1.165, 1.54) is 0 Å². The van der Waals surface area contributed by atoms with Crippen LogP contribution in [0.5, 0.6) is 0 Å². The zero-order valence-corrected chi connectivity index (χ0v) is 11.8. The number of amides is 2. The highest BCUT2D eigenvalue weighted by atomic mass is 19.4. The average molecular weight is 308 g/mol. The highest BCUT2D eigenvalue weighted by Gasteiger charge is 2.64. The van der Waals surface area contributed by atoms with Crippen molar-refractivity contribution in [3.8, 4) is 0 Å². The predicted molar refractivity (Wildman–Crippen MR) is 67.7 cm³/mol. The molecule has 0 bridgehead atoms. The van der Waals surface area contributed by atoms with Crippen LogP contribution in [0.1, 0.15) is 32.6 Å². The monoisotopic (exact) mass is 308 g/mol. The van der Waals surface area contributed by atoms with Crippen LogP contribution in [-0.2, 0) is 4.79 Å². The summed E-state index contributed by atoms with van der Waals surface area (Å²) in [6, 6.07) is -0.421. The average Bonchev–Trinajstić information content (AvgIpc) is 3.04. The molecule has 120 valence electrons. The molecule has 8 heteroatoms. The molecule has 5 nitrogen and oxygen atoms in total. The first-order valence-corrected chi connectivity index (χ1v) is 7.08. The van der Waals surface area contributed by atoms with E-state index in [2.05, 4.69) is 0 Å². The fraction of sp³-hybridized carbons (Fsp3) is 0.846. The highest BCUT2D eigenvalue weighted by molar-refractivity contribution is 5.80. The topological polar surface area (TPSA) is 60.9 Å². The molecule has 2 rings (SSSR count). The van der Waals surface area contributed by atoms with Gasteiger partial charge in [0.2, 0.25) is 0 Å². The van der Waals surface area contributed by atoms with Gasteiger partial charge in [0.25, 0.3) is 0 Å².